The number of carbonyl (C=O) groups is 2. The molecule has 4 nitrogen and oxygen atoms in total. The molecule has 0 saturated carbocycles. The molecule has 2 aromatic heterocycles. The number of nitrogens with zero attached hydrogens (tertiary/aromatic N) is 2. The molecule has 0 spiro atoms. The molecule has 1 atom stereocenters. The van der Waals surface area contributed by atoms with Crippen LogP contribution in [-0.2, 0) is 16.1 Å². The first-order chi connectivity index (χ1) is 9.82. The van der Waals surface area contributed by atoms with Gasteiger partial charge in [-0.05, 0) is 12.1 Å². The van der Waals surface area contributed by atoms with Crippen molar-refractivity contribution >= 4 is 45.0 Å². The molecule has 0 N–H and O–H groups in total. The maximum absolute atomic E-state index is 12.4. The van der Waals surface area contributed by atoms with Crippen LogP contribution in [0.1, 0.15) is 25.6 Å². The van der Waals surface area contributed by atoms with Gasteiger partial charge >= 0.3 is 0 Å². The smallest absolute Gasteiger partial charge is 0.235 e. The van der Waals surface area contributed by atoms with E-state index in [2.05, 4.69) is 4.98 Å². The van der Waals surface area contributed by atoms with Gasteiger partial charge in [-0.15, -0.1) is 11.3 Å². The van der Waals surface area contributed by atoms with Crippen molar-refractivity contribution in [1.29, 1.82) is 0 Å². The molecule has 0 radical (unpaired) electrons. The molecule has 0 aliphatic carbocycles. The molecular formula is C15H15ClN2O2S. The van der Waals surface area contributed by atoms with E-state index < -0.39 is 5.41 Å². The number of rotatable bonds is 2. The third-order valence-electron chi connectivity index (χ3n) is 4.24. The van der Waals surface area contributed by atoms with Crippen LogP contribution in [0.2, 0.25) is 5.02 Å². The number of fused-ring (bicyclic) bond motifs is 1. The second-order valence-electron chi connectivity index (χ2n) is 5.89. The van der Waals surface area contributed by atoms with Gasteiger partial charge in [0.25, 0.3) is 0 Å². The van der Waals surface area contributed by atoms with Crippen LogP contribution >= 0.6 is 22.9 Å². The second kappa shape index (κ2) is 4.78. The molecule has 110 valence electrons. The monoisotopic (exact) mass is 322 g/mol. The second-order valence-corrected chi connectivity index (χ2v) is 7.44. The molecule has 6 heteroatoms. The van der Waals surface area contributed by atoms with Crippen LogP contribution in [0.25, 0.3) is 10.2 Å². The van der Waals surface area contributed by atoms with Crippen molar-refractivity contribution in [3.05, 3.63) is 28.2 Å². The number of aromatic nitrogens is 1. The van der Waals surface area contributed by atoms with E-state index in [4.69, 9.17) is 11.6 Å². The van der Waals surface area contributed by atoms with Gasteiger partial charge in [-0.2, -0.15) is 0 Å². The molecule has 1 fully saturated rings. The summed E-state index contributed by atoms with van der Waals surface area (Å²) in [6.45, 7) is 5.74. The first-order valence-corrected chi connectivity index (χ1v) is 7.90. The lowest BCUT2D eigenvalue weighted by Crippen LogP contribution is -2.32. The molecule has 0 aromatic carbocycles. The summed E-state index contributed by atoms with van der Waals surface area (Å²) < 4.78 is 0.889. The molecule has 1 aliphatic heterocycles. The van der Waals surface area contributed by atoms with Gasteiger partial charge in [-0.25, -0.2) is 0 Å². The normalized spacial score (nSPS) is 21.5. The van der Waals surface area contributed by atoms with Crippen LogP contribution in [0.4, 0.5) is 0 Å². The lowest BCUT2D eigenvalue weighted by atomic mass is 9.82. The molecular weight excluding hydrogens is 308 g/mol. The van der Waals surface area contributed by atoms with Crippen molar-refractivity contribution in [2.45, 2.75) is 27.3 Å². The number of imide groups is 1. The maximum atomic E-state index is 12.4. The third kappa shape index (κ3) is 2.15. The van der Waals surface area contributed by atoms with Crippen molar-refractivity contribution in [3.8, 4) is 0 Å². The fourth-order valence-electron chi connectivity index (χ4n) is 2.52. The van der Waals surface area contributed by atoms with E-state index in [9.17, 15) is 9.59 Å². The lowest BCUT2D eigenvalue weighted by molar-refractivity contribution is -0.141. The van der Waals surface area contributed by atoms with Crippen LogP contribution in [0.3, 0.4) is 0 Å². The Bertz CT molecular complexity index is 753. The molecule has 2 amide bonds. The van der Waals surface area contributed by atoms with Gasteiger partial charge in [0.1, 0.15) is 0 Å². The summed E-state index contributed by atoms with van der Waals surface area (Å²) in [5, 5.41) is 0.643. The van der Waals surface area contributed by atoms with Crippen molar-refractivity contribution < 1.29 is 9.59 Å². The van der Waals surface area contributed by atoms with E-state index in [0.717, 1.165) is 15.1 Å². The van der Waals surface area contributed by atoms with E-state index in [-0.39, 0.29) is 17.7 Å². The summed E-state index contributed by atoms with van der Waals surface area (Å²) in [6.07, 6.45) is 1.65. The Kier molecular flexibility index (Phi) is 3.30. The summed E-state index contributed by atoms with van der Waals surface area (Å²) >= 11 is 7.61. The quantitative estimate of drug-likeness (QED) is 0.795. The maximum Gasteiger partial charge on any atom is 0.235 e. The Hall–Kier alpha value is -1.46. The van der Waals surface area contributed by atoms with Crippen molar-refractivity contribution in [1.82, 2.24) is 9.88 Å². The first-order valence-electron chi connectivity index (χ1n) is 6.71. The number of halogens is 1. The summed E-state index contributed by atoms with van der Waals surface area (Å²) in [6, 6.07) is 3.63. The first kappa shape index (κ1) is 14.5. The summed E-state index contributed by atoms with van der Waals surface area (Å²) in [5.74, 6) is -0.515. The van der Waals surface area contributed by atoms with E-state index in [1.165, 1.54) is 16.2 Å². The van der Waals surface area contributed by atoms with Crippen molar-refractivity contribution in [3.63, 3.8) is 0 Å². The molecule has 1 saturated heterocycles. The molecule has 3 heterocycles. The lowest BCUT2D eigenvalue weighted by Gasteiger charge is -2.18. The van der Waals surface area contributed by atoms with Crippen LogP contribution in [0.5, 0.6) is 0 Å². The Labute approximate surface area is 131 Å². The molecule has 0 bridgehead atoms. The highest BCUT2D eigenvalue weighted by Crippen LogP contribution is 2.39. The summed E-state index contributed by atoms with van der Waals surface area (Å²) in [4.78, 5) is 31.2. The average Bonchev–Trinajstić information content (AvgIpc) is 2.91. The molecule has 21 heavy (non-hydrogen) atoms. The van der Waals surface area contributed by atoms with E-state index in [0.29, 0.717) is 11.6 Å². The molecule has 3 rings (SSSR count). The number of likely N-dealkylation sites (tertiary alicyclic amines) is 1. The number of pyridine rings is 1. The zero-order valence-electron chi connectivity index (χ0n) is 12.0. The van der Waals surface area contributed by atoms with Gasteiger partial charge in [0.05, 0.1) is 27.2 Å². The SMILES string of the molecule is CC1C(=O)N(Cc2cc3nccc(Cl)c3s2)C(=O)C1(C)C. The van der Waals surface area contributed by atoms with Gasteiger partial charge in [-0.1, -0.05) is 32.4 Å². The van der Waals surface area contributed by atoms with Crippen LogP contribution in [-0.4, -0.2) is 21.7 Å². The zero-order chi connectivity index (χ0) is 15.4. The Morgan fingerprint density at radius 3 is 2.71 bits per heavy atom. The molecule has 1 aliphatic rings. The van der Waals surface area contributed by atoms with Gasteiger partial charge in [-0.3, -0.25) is 19.5 Å². The van der Waals surface area contributed by atoms with Gasteiger partial charge in [0, 0.05) is 17.0 Å². The zero-order valence-corrected chi connectivity index (χ0v) is 13.6. The fraction of sp³-hybridized carbons (Fsp3) is 0.400. The summed E-state index contributed by atoms with van der Waals surface area (Å²) in [5.41, 5.74) is 0.165. The molecule has 2 aromatic rings. The van der Waals surface area contributed by atoms with Crippen LogP contribution < -0.4 is 0 Å². The average molecular weight is 323 g/mol. The Morgan fingerprint density at radius 2 is 2.14 bits per heavy atom. The van der Waals surface area contributed by atoms with E-state index in [1.54, 1.807) is 12.3 Å². The van der Waals surface area contributed by atoms with E-state index >= 15 is 0 Å². The largest absolute Gasteiger partial charge is 0.277 e. The standard InChI is InChI=1S/C15H15ClN2O2S/c1-8-13(19)18(14(20)15(8,2)3)7-9-6-11-12(21-9)10(16)4-5-17-11/h4-6,8H,7H2,1-3H3. The van der Waals surface area contributed by atoms with Gasteiger partial charge < -0.3 is 0 Å². The van der Waals surface area contributed by atoms with Crippen molar-refractivity contribution in [2.24, 2.45) is 11.3 Å². The van der Waals surface area contributed by atoms with E-state index in [1.807, 2.05) is 26.8 Å². The minimum Gasteiger partial charge on any atom is -0.277 e. The predicted molar refractivity (Wildman–Crippen MR) is 83.1 cm³/mol. The Balaban J connectivity index is 1.94. The number of carbonyl (C=O) groups excluding carboxylic acids is 2. The van der Waals surface area contributed by atoms with Crippen LogP contribution in [0, 0.1) is 11.3 Å². The Morgan fingerprint density at radius 1 is 1.43 bits per heavy atom. The topological polar surface area (TPSA) is 50.3 Å². The number of hydrogen-bond acceptors (Lipinski definition) is 4. The minimum absolute atomic E-state index is 0.110. The molecule has 1 unspecified atom stereocenters. The number of hydrogen-bond donors (Lipinski definition) is 0. The fourth-order valence-corrected chi connectivity index (χ4v) is 3.79. The van der Waals surface area contributed by atoms with Gasteiger partial charge in [0.2, 0.25) is 11.8 Å². The third-order valence-corrected chi connectivity index (χ3v) is 5.81. The van der Waals surface area contributed by atoms with Gasteiger partial charge in [0.15, 0.2) is 0 Å². The highest BCUT2D eigenvalue weighted by Gasteiger charge is 2.50. The van der Waals surface area contributed by atoms with Crippen molar-refractivity contribution in [2.75, 3.05) is 0 Å². The minimum atomic E-state index is -0.635. The highest BCUT2D eigenvalue weighted by molar-refractivity contribution is 7.19. The highest BCUT2D eigenvalue weighted by atomic mass is 35.5. The number of amides is 2. The summed E-state index contributed by atoms with van der Waals surface area (Å²) in [7, 11) is 0. The van der Waals surface area contributed by atoms with Crippen LogP contribution in [0.15, 0.2) is 18.3 Å². The number of thiophene rings is 1. The predicted octanol–water partition coefficient (Wildman–Crippen LogP) is 3.48.